The molecule has 3 amide bonds. The molecule has 30 heavy (non-hydrogen) atoms. The van der Waals surface area contributed by atoms with Gasteiger partial charge in [0.2, 0.25) is 5.75 Å². The van der Waals surface area contributed by atoms with Gasteiger partial charge in [0.15, 0.2) is 18.1 Å². The molecule has 0 atom stereocenters. The molecule has 0 bridgehead atoms. The van der Waals surface area contributed by atoms with Crippen LogP contribution in [-0.4, -0.2) is 44.6 Å². The Morgan fingerprint density at radius 2 is 1.67 bits per heavy atom. The second-order valence-corrected chi connectivity index (χ2v) is 6.75. The Balaban J connectivity index is 1.79. The first-order chi connectivity index (χ1) is 14.4. The van der Waals surface area contributed by atoms with Crippen LogP contribution in [0.1, 0.15) is 33.6 Å². The number of anilines is 1. The maximum atomic E-state index is 12.8. The molecule has 0 aliphatic heterocycles. The number of methoxy groups -OCH3 is 2. The van der Waals surface area contributed by atoms with Crippen molar-refractivity contribution >= 4 is 23.4 Å². The van der Waals surface area contributed by atoms with E-state index in [9.17, 15) is 14.4 Å². The first kappa shape index (κ1) is 21.0. The van der Waals surface area contributed by atoms with Crippen LogP contribution in [0.3, 0.4) is 0 Å². The summed E-state index contributed by atoms with van der Waals surface area (Å²) >= 11 is 0. The van der Waals surface area contributed by atoms with Crippen LogP contribution >= 0.6 is 0 Å². The Kier molecular flexibility index (Phi) is 6.41. The van der Waals surface area contributed by atoms with Gasteiger partial charge in [-0.05, 0) is 43.2 Å². The van der Waals surface area contributed by atoms with E-state index in [4.69, 9.17) is 19.9 Å². The van der Waals surface area contributed by atoms with Crippen LogP contribution in [0.25, 0.3) is 0 Å². The van der Waals surface area contributed by atoms with E-state index in [1.54, 1.807) is 24.3 Å². The maximum Gasteiger partial charge on any atom is 0.255 e. The summed E-state index contributed by atoms with van der Waals surface area (Å²) in [4.78, 5) is 36.0. The molecular formula is C21H23N3O6. The summed E-state index contributed by atoms with van der Waals surface area (Å²) in [6, 6.07) is 9.82. The molecule has 3 rings (SSSR count). The predicted molar refractivity (Wildman–Crippen MR) is 109 cm³/mol. The number of benzene rings is 2. The van der Waals surface area contributed by atoms with E-state index in [0.29, 0.717) is 11.3 Å². The minimum atomic E-state index is -0.661. The van der Waals surface area contributed by atoms with Crippen LogP contribution in [0.15, 0.2) is 36.4 Å². The monoisotopic (exact) mass is 413 g/mol. The molecule has 1 fully saturated rings. The fraction of sp³-hybridized carbons (Fsp3) is 0.286. The maximum absolute atomic E-state index is 12.8. The van der Waals surface area contributed by atoms with Gasteiger partial charge in [0, 0.05) is 22.9 Å². The molecular weight excluding hydrogens is 390 g/mol. The first-order valence-corrected chi connectivity index (χ1v) is 9.30. The first-order valence-electron chi connectivity index (χ1n) is 9.30. The van der Waals surface area contributed by atoms with E-state index < -0.39 is 11.8 Å². The second kappa shape index (κ2) is 9.17. The summed E-state index contributed by atoms with van der Waals surface area (Å²) in [7, 11) is 2.80. The number of carbonyl (C=O) groups excluding carboxylic acids is 3. The van der Waals surface area contributed by atoms with Crippen LogP contribution in [0.5, 0.6) is 17.2 Å². The molecule has 9 nitrogen and oxygen atoms in total. The number of carbonyl (C=O) groups is 3. The molecule has 0 aromatic heterocycles. The number of ether oxygens (including phenoxy) is 3. The van der Waals surface area contributed by atoms with E-state index >= 15 is 0 Å². The van der Waals surface area contributed by atoms with Crippen molar-refractivity contribution < 1.29 is 28.6 Å². The normalized spacial score (nSPS) is 12.6. The molecule has 1 saturated carbocycles. The van der Waals surface area contributed by atoms with Gasteiger partial charge < -0.3 is 30.6 Å². The number of primary amides is 1. The van der Waals surface area contributed by atoms with E-state index in [1.165, 1.54) is 26.4 Å². The van der Waals surface area contributed by atoms with Crippen LogP contribution in [0, 0.1) is 0 Å². The number of nitrogens with two attached hydrogens (primary N) is 1. The van der Waals surface area contributed by atoms with Crippen LogP contribution in [-0.2, 0) is 4.79 Å². The number of nitrogens with one attached hydrogen (secondary N) is 2. The van der Waals surface area contributed by atoms with Crippen molar-refractivity contribution in [2.75, 3.05) is 26.1 Å². The van der Waals surface area contributed by atoms with Crippen molar-refractivity contribution in [3.05, 3.63) is 47.5 Å². The van der Waals surface area contributed by atoms with Gasteiger partial charge in [-0.2, -0.15) is 0 Å². The van der Waals surface area contributed by atoms with Gasteiger partial charge in [-0.1, -0.05) is 6.07 Å². The standard InChI is InChI=1S/C21H23N3O6/c1-28-16-9-13(10-17(29-2)19(16)30-11-18(22)25)21(27)24-15-5-3-4-12(8-15)20(26)23-14-6-7-14/h3-5,8-10,14H,6-7,11H2,1-2H3,(H2,22,25)(H,23,26)(H,24,27). The number of amides is 3. The fourth-order valence-electron chi connectivity index (χ4n) is 2.73. The zero-order chi connectivity index (χ0) is 21.7. The van der Waals surface area contributed by atoms with E-state index in [2.05, 4.69) is 10.6 Å². The Labute approximate surface area is 173 Å². The highest BCUT2D eigenvalue weighted by Crippen LogP contribution is 2.38. The van der Waals surface area contributed by atoms with Crippen molar-refractivity contribution in [2.24, 2.45) is 5.73 Å². The van der Waals surface area contributed by atoms with Crippen molar-refractivity contribution in [2.45, 2.75) is 18.9 Å². The van der Waals surface area contributed by atoms with Gasteiger partial charge in [0.1, 0.15) is 0 Å². The summed E-state index contributed by atoms with van der Waals surface area (Å²) in [5, 5.41) is 5.66. The topological polar surface area (TPSA) is 129 Å². The summed E-state index contributed by atoms with van der Waals surface area (Å²) in [6.07, 6.45) is 1.98. The molecule has 0 radical (unpaired) electrons. The highest BCUT2D eigenvalue weighted by atomic mass is 16.5. The van der Waals surface area contributed by atoms with Gasteiger partial charge >= 0.3 is 0 Å². The minimum Gasteiger partial charge on any atom is -0.493 e. The molecule has 0 heterocycles. The van der Waals surface area contributed by atoms with Crippen LogP contribution < -0.4 is 30.6 Å². The second-order valence-electron chi connectivity index (χ2n) is 6.75. The molecule has 0 unspecified atom stereocenters. The molecule has 0 saturated heterocycles. The van der Waals surface area contributed by atoms with E-state index in [0.717, 1.165) is 12.8 Å². The molecule has 9 heteroatoms. The Morgan fingerprint density at radius 3 is 2.23 bits per heavy atom. The lowest BCUT2D eigenvalue weighted by atomic mass is 10.1. The summed E-state index contributed by atoms with van der Waals surface area (Å²) in [5.74, 6) is -0.696. The lowest BCUT2D eigenvalue weighted by Gasteiger charge is -2.15. The molecule has 1 aliphatic rings. The molecule has 4 N–H and O–H groups in total. The number of hydrogen-bond acceptors (Lipinski definition) is 6. The SMILES string of the molecule is COc1cc(C(=O)Nc2cccc(C(=O)NC3CC3)c2)cc(OC)c1OCC(N)=O. The molecule has 1 aliphatic carbocycles. The molecule has 158 valence electrons. The van der Waals surface area contributed by atoms with Crippen molar-refractivity contribution in [1.29, 1.82) is 0 Å². The summed E-state index contributed by atoms with van der Waals surface area (Å²) < 4.78 is 15.9. The average Bonchev–Trinajstić information content (AvgIpc) is 3.55. The zero-order valence-corrected chi connectivity index (χ0v) is 16.7. The highest BCUT2D eigenvalue weighted by molar-refractivity contribution is 6.06. The Hall–Kier alpha value is -3.75. The third-order valence-corrected chi connectivity index (χ3v) is 4.38. The van der Waals surface area contributed by atoms with Crippen molar-refractivity contribution in [3.8, 4) is 17.2 Å². The highest BCUT2D eigenvalue weighted by Gasteiger charge is 2.24. The predicted octanol–water partition coefficient (Wildman–Crippen LogP) is 1.71. The number of hydrogen-bond donors (Lipinski definition) is 3. The molecule has 2 aromatic rings. The van der Waals surface area contributed by atoms with Crippen LogP contribution in [0.2, 0.25) is 0 Å². The van der Waals surface area contributed by atoms with E-state index in [1.807, 2.05) is 0 Å². The van der Waals surface area contributed by atoms with Gasteiger partial charge in [-0.3, -0.25) is 14.4 Å². The quantitative estimate of drug-likeness (QED) is 0.574. The summed E-state index contributed by atoms with van der Waals surface area (Å²) in [5.41, 5.74) is 6.28. The Bertz CT molecular complexity index is 946. The van der Waals surface area contributed by atoms with E-state index in [-0.39, 0.29) is 41.4 Å². The largest absolute Gasteiger partial charge is 0.493 e. The zero-order valence-electron chi connectivity index (χ0n) is 16.7. The average molecular weight is 413 g/mol. The third kappa shape index (κ3) is 5.19. The smallest absolute Gasteiger partial charge is 0.255 e. The lowest BCUT2D eigenvalue weighted by molar-refractivity contribution is -0.120. The van der Waals surface area contributed by atoms with Crippen molar-refractivity contribution in [1.82, 2.24) is 5.32 Å². The van der Waals surface area contributed by atoms with Crippen molar-refractivity contribution in [3.63, 3.8) is 0 Å². The van der Waals surface area contributed by atoms with Gasteiger partial charge in [0.05, 0.1) is 14.2 Å². The molecule has 0 spiro atoms. The lowest BCUT2D eigenvalue weighted by Crippen LogP contribution is -2.25. The third-order valence-electron chi connectivity index (χ3n) is 4.38. The van der Waals surface area contributed by atoms with Gasteiger partial charge in [-0.25, -0.2) is 0 Å². The molecule has 2 aromatic carbocycles. The van der Waals surface area contributed by atoms with Crippen LogP contribution in [0.4, 0.5) is 5.69 Å². The number of rotatable bonds is 9. The minimum absolute atomic E-state index is 0.161. The Morgan fingerprint density at radius 1 is 1.00 bits per heavy atom. The fourth-order valence-corrected chi connectivity index (χ4v) is 2.73. The van der Waals surface area contributed by atoms with Gasteiger partial charge in [0.25, 0.3) is 17.7 Å². The summed E-state index contributed by atoms with van der Waals surface area (Å²) in [6.45, 7) is -0.367. The van der Waals surface area contributed by atoms with Gasteiger partial charge in [-0.15, -0.1) is 0 Å².